The number of nitrogens with two attached hydrogens (primary N) is 1. The maximum atomic E-state index is 13.1. The van der Waals surface area contributed by atoms with E-state index in [2.05, 4.69) is 15.9 Å². The third-order valence-electron chi connectivity index (χ3n) is 3.59. The molecule has 0 amide bonds. The Morgan fingerprint density at radius 1 is 1.35 bits per heavy atom. The molecule has 1 aliphatic carbocycles. The second kappa shape index (κ2) is 5.96. The van der Waals surface area contributed by atoms with Crippen LogP contribution in [0.15, 0.2) is 22.7 Å². The molecule has 1 saturated carbocycles. The lowest BCUT2D eigenvalue weighted by atomic mass is 9.94. The van der Waals surface area contributed by atoms with Crippen molar-refractivity contribution in [2.45, 2.75) is 44.6 Å². The van der Waals surface area contributed by atoms with Crippen molar-refractivity contribution in [3.05, 3.63) is 34.1 Å². The van der Waals surface area contributed by atoms with Crippen molar-refractivity contribution in [1.29, 1.82) is 0 Å². The van der Waals surface area contributed by atoms with Crippen molar-refractivity contribution in [1.82, 2.24) is 0 Å². The van der Waals surface area contributed by atoms with Crippen LogP contribution in [0.25, 0.3) is 0 Å². The molecule has 3 heteroatoms. The van der Waals surface area contributed by atoms with Crippen LogP contribution >= 0.6 is 15.9 Å². The number of benzene rings is 1. The first kappa shape index (κ1) is 13.0. The van der Waals surface area contributed by atoms with E-state index in [1.165, 1.54) is 31.7 Å². The molecule has 1 unspecified atom stereocenters. The Bertz CT molecular complexity index is 374. The highest BCUT2D eigenvalue weighted by atomic mass is 79.9. The summed E-state index contributed by atoms with van der Waals surface area (Å²) in [6.07, 6.45) is 7.34. The molecule has 1 fully saturated rings. The zero-order valence-corrected chi connectivity index (χ0v) is 11.5. The molecule has 1 nitrogen and oxygen atoms in total. The molecule has 2 N–H and O–H groups in total. The highest BCUT2D eigenvalue weighted by molar-refractivity contribution is 9.10. The van der Waals surface area contributed by atoms with E-state index in [4.69, 9.17) is 5.73 Å². The Morgan fingerprint density at radius 3 is 2.71 bits per heavy atom. The van der Waals surface area contributed by atoms with Crippen LogP contribution in [0.2, 0.25) is 0 Å². The second-order valence-electron chi connectivity index (χ2n) is 5.10. The summed E-state index contributed by atoms with van der Waals surface area (Å²) < 4.78 is 13.6. The minimum absolute atomic E-state index is 0.204. The predicted molar refractivity (Wildman–Crippen MR) is 72.4 cm³/mol. The van der Waals surface area contributed by atoms with Gasteiger partial charge in [-0.1, -0.05) is 31.7 Å². The van der Waals surface area contributed by atoms with Gasteiger partial charge in [0.25, 0.3) is 0 Å². The molecular weight excluding hydrogens is 281 g/mol. The molecule has 1 aliphatic rings. The summed E-state index contributed by atoms with van der Waals surface area (Å²) in [7, 11) is 0. The van der Waals surface area contributed by atoms with Gasteiger partial charge in [-0.15, -0.1) is 0 Å². The topological polar surface area (TPSA) is 26.0 Å². The molecule has 94 valence electrons. The molecule has 2 rings (SSSR count). The van der Waals surface area contributed by atoms with Gasteiger partial charge in [0.05, 0.1) is 4.47 Å². The average molecular weight is 300 g/mol. The summed E-state index contributed by atoms with van der Waals surface area (Å²) in [6, 6.07) is 5.37. The highest BCUT2D eigenvalue weighted by Gasteiger charge is 2.18. The largest absolute Gasteiger partial charge is 0.327 e. The minimum atomic E-state index is -0.210. The zero-order valence-electron chi connectivity index (χ0n) is 9.96. The molecule has 1 atom stereocenters. The standard InChI is InChI=1S/C14H19BrFN/c15-13-9-11(5-6-14(13)16)8-12(17)7-10-3-1-2-4-10/h5-6,9-10,12H,1-4,7-8,17H2. The molecule has 0 bridgehead atoms. The third-order valence-corrected chi connectivity index (χ3v) is 4.20. The van der Waals surface area contributed by atoms with Crippen molar-refractivity contribution in [2.24, 2.45) is 11.7 Å². The maximum Gasteiger partial charge on any atom is 0.137 e. The molecule has 1 aromatic rings. The lowest BCUT2D eigenvalue weighted by molar-refractivity contribution is 0.440. The average Bonchev–Trinajstić information content (AvgIpc) is 2.76. The fourth-order valence-electron chi connectivity index (χ4n) is 2.73. The van der Waals surface area contributed by atoms with Crippen molar-refractivity contribution in [3.8, 4) is 0 Å². The van der Waals surface area contributed by atoms with Crippen LogP contribution in [0.1, 0.15) is 37.7 Å². The van der Waals surface area contributed by atoms with E-state index in [0.29, 0.717) is 4.47 Å². The second-order valence-corrected chi connectivity index (χ2v) is 5.95. The van der Waals surface area contributed by atoms with Gasteiger partial charge in [-0.25, -0.2) is 4.39 Å². The summed E-state index contributed by atoms with van der Waals surface area (Å²) in [6.45, 7) is 0. The molecule has 0 aromatic heterocycles. The van der Waals surface area contributed by atoms with E-state index < -0.39 is 0 Å². The Labute approximate surface area is 111 Å². The van der Waals surface area contributed by atoms with Gasteiger partial charge in [0.1, 0.15) is 5.82 Å². The van der Waals surface area contributed by atoms with Gasteiger partial charge in [-0.2, -0.15) is 0 Å². The van der Waals surface area contributed by atoms with Crippen molar-refractivity contribution >= 4 is 15.9 Å². The normalized spacial score (nSPS) is 18.5. The zero-order chi connectivity index (χ0) is 12.3. The molecule has 1 aromatic carbocycles. The SMILES string of the molecule is NC(Cc1ccc(F)c(Br)c1)CC1CCCC1. The van der Waals surface area contributed by atoms with Crippen LogP contribution in [0, 0.1) is 11.7 Å². The van der Waals surface area contributed by atoms with Crippen molar-refractivity contribution in [3.63, 3.8) is 0 Å². The summed E-state index contributed by atoms with van der Waals surface area (Å²) in [5.74, 6) is 0.604. The first-order chi connectivity index (χ1) is 8.15. The van der Waals surface area contributed by atoms with Crippen LogP contribution in [0.4, 0.5) is 4.39 Å². The van der Waals surface area contributed by atoms with Gasteiger partial charge in [0.15, 0.2) is 0 Å². The summed E-state index contributed by atoms with van der Waals surface area (Å²) in [4.78, 5) is 0. The Balaban J connectivity index is 1.88. The smallest absolute Gasteiger partial charge is 0.137 e. The summed E-state index contributed by atoms with van der Waals surface area (Å²) in [5.41, 5.74) is 7.28. The fourth-order valence-corrected chi connectivity index (χ4v) is 3.15. The number of hydrogen-bond donors (Lipinski definition) is 1. The van der Waals surface area contributed by atoms with Crippen LogP contribution < -0.4 is 5.73 Å². The van der Waals surface area contributed by atoms with E-state index in [-0.39, 0.29) is 11.9 Å². The van der Waals surface area contributed by atoms with E-state index in [1.807, 2.05) is 12.1 Å². The number of halogens is 2. The highest BCUT2D eigenvalue weighted by Crippen LogP contribution is 2.29. The molecule has 0 radical (unpaired) electrons. The van der Waals surface area contributed by atoms with Crippen LogP contribution in [-0.4, -0.2) is 6.04 Å². The van der Waals surface area contributed by atoms with E-state index in [9.17, 15) is 4.39 Å². The van der Waals surface area contributed by atoms with Gasteiger partial charge in [0, 0.05) is 6.04 Å². The van der Waals surface area contributed by atoms with Gasteiger partial charge in [0.2, 0.25) is 0 Å². The lowest BCUT2D eigenvalue weighted by Gasteiger charge is -2.16. The third kappa shape index (κ3) is 3.78. The quantitative estimate of drug-likeness (QED) is 0.892. The fraction of sp³-hybridized carbons (Fsp3) is 0.571. The molecule has 17 heavy (non-hydrogen) atoms. The van der Waals surface area contributed by atoms with E-state index in [1.54, 1.807) is 0 Å². The first-order valence-corrected chi connectivity index (χ1v) is 7.14. The lowest BCUT2D eigenvalue weighted by Crippen LogP contribution is -2.25. The Morgan fingerprint density at radius 2 is 2.06 bits per heavy atom. The Hall–Kier alpha value is -0.410. The van der Waals surface area contributed by atoms with E-state index >= 15 is 0 Å². The monoisotopic (exact) mass is 299 g/mol. The van der Waals surface area contributed by atoms with Crippen molar-refractivity contribution in [2.75, 3.05) is 0 Å². The summed E-state index contributed by atoms with van der Waals surface area (Å²) in [5, 5.41) is 0. The van der Waals surface area contributed by atoms with Crippen LogP contribution in [0.5, 0.6) is 0 Å². The first-order valence-electron chi connectivity index (χ1n) is 6.34. The van der Waals surface area contributed by atoms with Gasteiger partial charge >= 0.3 is 0 Å². The predicted octanol–water partition coefficient (Wildman–Crippen LogP) is 4.04. The van der Waals surface area contributed by atoms with Gasteiger partial charge < -0.3 is 5.73 Å². The van der Waals surface area contributed by atoms with E-state index in [0.717, 1.165) is 24.3 Å². The van der Waals surface area contributed by atoms with Crippen LogP contribution in [0.3, 0.4) is 0 Å². The summed E-state index contributed by atoms with van der Waals surface area (Å²) >= 11 is 3.21. The van der Waals surface area contributed by atoms with Crippen LogP contribution in [-0.2, 0) is 6.42 Å². The molecule has 0 spiro atoms. The maximum absolute atomic E-state index is 13.1. The molecule has 0 aliphatic heterocycles. The Kier molecular flexibility index (Phi) is 4.57. The molecule has 0 heterocycles. The minimum Gasteiger partial charge on any atom is -0.327 e. The number of hydrogen-bond acceptors (Lipinski definition) is 1. The number of rotatable bonds is 4. The van der Waals surface area contributed by atoms with Gasteiger partial charge in [-0.3, -0.25) is 0 Å². The van der Waals surface area contributed by atoms with Crippen molar-refractivity contribution < 1.29 is 4.39 Å². The molecular formula is C14H19BrFN. The molecule has 0 saturated heterocycles. The van der Waals surface area contributed by atoms with Gasteiger partial charge in [-0.05, 0) is 52.4 Å².